The number of aromatic amines is 1. The number of aromatic nitrogens is 4. The van der Waals surface area contributed by atoms with Crippen molar-refractivity contribution in [3.63, 3.8) is 0 Å². The van der Waals surface area contributed by atoms with Gasteiger partial charge in [-0.1, -0.05) is 61.9 Å². The second-order valence-electron chi connectivity index (χ2n) is 9.38. The van der Waals surface area contributed by atoms with Gasteiger partial charge in [0.05, 0.1) is 13.2 Å². The van der Waals surface area contributed by atoms with Crippen LogP contribution in [0.15, 0.2) is 48.5 Å². The number of H-pyrrole nitrogens is 1. The number of esters is 1. The Morgan fingerprint density at radius 2 is 1.74 bits per heavy atom. The van der Waals surface area contributed by atoms with E-state index < -0.39 is 18.0 Å². The number of hydrogen-bond donors (Lipinski definition) is 3. The molecule has 0 aliphatic heterocycles. The Bertz CT molecular complexity index is 1210. The highest BCUT2D eigenvalue weighted by Gasteiger charge is 2.31. The predicted octanol–water partition coefficient (Wildman–Crippen LogP) is 3.69. The van der Waals surface area contributed by atoms with E-state index in [1.54, 1.807) is 6.92 Å². The van der Waals surface area contributed by atoms with Crippen molar-refractivity contribution >= 4 is 17.9 Å². The maximum atomic E-state index is 13.3. The number of nitrogens with one attached hydrogen (secondary N) is 3. The van der Waals surface area contributed by atoms with E-state index in [9.17, 15) is 14.4 Å². The first-order chi connectivity index (χ1) is 18.8. The molecule has 0 saturated carbocycles. The summed E-state index contributed by atoms with van der Waals surface area (Å²) in [5.41, 5.74) is 3.55. The first-order valence-corrected chi connectivity index (χ1v) is 13.3. The minimum absolute atomic E-state index is 0.0641. The zero-order chi connectivity index (χ0) is 28.2. The molecule has 1 heterocycles. The van der Waals surface area contributed by atoms with E-state index in [2.05, 4.69) is 31.3 Å². The molecule has 0 aliphatic carbocycles. The molecule has 0 saturated heterocycles. The highest BCUT2D eigenvalue weighted by molar-refractivity contribution is 5.86. The summed E-state index contributed by atoms with van der Waals surface area (Å²) in [6.45, 7) is 7.68. The van der Waals surface area contributed by atoms with Gasteiger partial charge in [-0.15, -0.1) is 10.2 Å². The number of carbonyl (C=O) groups is 3. The van der Waals surface area contributed by atoms with Crippen molar-refractivity contribution in [3.05, 3.63) is 54.1 Å². The Morgan fingerprint density at radius 3 is 2.36 bits per heavy atom. The smallest absolute Gasteiger partial charge is 0.330 e. The van der Waals surface area contributed by atoms with Crippen molar-refractivity contribution < 1.29 is 19.1 Å². The number of tetrazole rings is 1. The normalized spacial score (nSPS) is 11.6. The van der Waals surface area contributed by atoms with E-state index >= 15 is 0 Å². The summed E-state index contributed by atoms with van der Waals surface area (Å²) >= 11 is 0. The first-order valence-electron chi connectivity index (χ1n) is 13.3. The van der Waals surface area contributed by atoms with Crippen LogP contribution in [0.25, 0.3) is 22.5 Å². The van der Waals surface area contributed by atoms with Crippen molar-refractivity contribution in [1.82, 2.24) is 36.2 Å². The van der Waals surface area contributed by atoms with Crippen molar-refractivity contribution in [2.75, 3.05) is 13.2 Å². The molecular formula is C28H37N7O4. The lowest BCUT2D eigenvalue weighted by molar-refractivity contribution is -0.155. The Balaban J connectivity index is 1.86. The maximum Gasteiger partial charge on any atom is 0.330 e. The topological polar surface area (TPSA) is 142 Å². The van der Waals surface area contributed by atoms with E-state index in [0.29, 0.717) is 18.7 Å². The minimum atomic E-state index is -0.967. The minimum Gasteiger partial charge on any atom is -0.464 e. The molecule has 2 aromatic carbocycles. The molecule has 3 rings (SSSR count). The lowest BCUT2D eigenvalue weighted by Crippen LogP contribution is -2.53. The summed E-state index contributed by atoms with van der Waals surface area (Å²) in [6, 6.07) is 14.1. The van der Waals surface area contributed by atoms with Crippen molar-refractivity contribution in [1.29, 1.82) is 0 Å². The Hall–Kier alpha value is -4.28. The SMILES string of the molecule is CCCCC(=O)N(Cc1ccc(-c2ccccc2-c2nn[nH]n2)cc1)C(CNC(=O)NC(C)C)C(=O)OCC. The molecule has 3 N–H and O–H groups in total. The van der Waals surface area contributed by atoms with Gasteiger partial charge in [0.15, 0.2) is 0 Å². The van der Waals surface area contributed by atoms with Gasteiger partial charge in [-0.25, -0.2) is 9.59 Å². The molecule has 11 nitrogen and oxygen atoms in total. The molecular weight excluding hydrogens is 498 g/mol. The second kappa shape index (κ2) is 14.6. The molecule has 1 unspecified atom stereocenters. The van der Waals surface area contributed by atoms with Gasteiger partial charge in [0.25, 0.3) is 0 Å². The summed E-state index contributed by atoms with van der Waals surface area (Å²) in [5.74, 6) is -0.237. The number of carbonyl (C=O) groups excluding carboxylic acids is 3. The third kappa shape index (κ3) is 8.36. The van der Waals surface area contributed by atoms with Crippen LogP contribution in [0.3, 0.4) is 0 Å². The van der Waals surface area contributed by atoms with Crippen LogP contribution < -0.4 is 10.6 Å². The number of unbranched alkanes of at least 4 members (excludes halogenated alkanes) is 1. The molecule has 1 atom stereocenters. The summed E-state index contributed by atoms with van der Waals surface area (Å²) in [4.78, 5) is 40.0. The van der Waals surface area contributed by atoms with Crippen LogP contribution in [-0.4, -0.2) is 68.7 Å². The fourth-order valence-corrected chi connectivity index (χ4v) is 4.10. The van der Waals surface area contributed by atoms with Gasteiger partial charge in [0.1, 0.15) is 6.04 Å². The van der Waals surface area contributed by atoms with E-state index in [0.717, 1.165) is 28.7 Å². The third-order valence-electron chi connectivity index (χ3n) is 6.01. The molecule has 0 spiro atoms. The molecule has 208 valence electrons. The van der Waals surface area contributed by atoms with Crippen LogP contribution in [0.1, 0.15) is 52.5 Å². The highest BCUT2D eigenvalue weighted by Crippen LogP contribution is 2.30. The monoisotopic (exact) mass is 535 g/mol. The molecule has 1 aromatic heterocycles. The van der Waals surface area contributed by atoms with Gasteiger partial charge in [-0.2, -0.15) is 5.21 Å². The molecule has 3 amide bonds. The average Bonchev–Trinajstić information content (AvgIpc) is 3.46. The fraction of sp³-hybridized carbons (Fsp3) is 0.429. The van der Waals surface area contributed by atoms with Crippen LogP contribution in [0.5, 0.6) is 0 Å². The Labute approximate surface area is 228 Å². The summed E-state index contributed by atoms with van der Waals surface area (Å²) in [6.07, 6.45) is 1.83. The number of ether oxygens (including phenoxy) is 1. The zero-order valence-corrected chi connectivity index (χ0v) is 22.9. The van der Waals surface area contributed by atoms with Crippen LogP contribution in [0.2, 0.25) is 0 Å². The Morgan fingerprint density at radius 1 is 1.03 bits per heavy atom. The lowest BCUT2D eigenvalue weighted by Gasteiger charge is -2.31. The van der Waals surface area contributed by atoms with Gasteiger partial charge in [0.2, 0.25) is 11.7 Å². The Kier molecular flexibility index (Phi) is 11.0. The van der Waals surface area contributed by atoms with Gasteiger partial charge in [-0.05, 0) is 49.1 Å². The van der Waals surface area contributed by atoms with Gasteiger partial charge in [0, 0.05) is 24.6 Å². The number of hydrogen-bond acceptors (Lipinski definition) is 7. The lowest BCUT2D eigenvalue weighted by atomic mass is 9.98. The van der Waals surface area contributed by atoms with Gasteiger partial charge >= 0.3 is 12.0 Å². The summed E-state index contributed by atoms with van der Waals surface area (Å²) in [7, 11) is 0. The molecule has 39 heavy (non-hydrogen) atoms. The van der Waals surface area contributed by atoms with E-state index in [4.69, 9.17) is 4.74 Å². The standard InChI is InChI=1S/C28H37N7O4/c1-5-7-12-25(36)35(24(27(37)39-6-2)17-29-28(38)30-19(3)4)18-20-13-15-21(16-14-20)22-10-8-9-11-23(22)26-31-33-34-32-26/h8-11,13-16,19,24H,5-7,12,17-18H2,1-4H3,(H2,29,30,38)(H,31,32,33,34). The van der Waals surface area contributed by atoms with Crippen molar-refractivity contribution in [2.24, 2.45) is 0 Å². The second-order valence-corrected chi connectivity index (χ2v) is 9.38. The summed E-state index contributed by atoms with van der Waals surface area (Å²) in [5, 5.41) is 19.8. The molecule has 0 fully saturated rings. The number of rotatable bonds is 13. The predicted molar refractivity (Wildman–Crippen MR) is 147 cm³/mol. The van der Waals surface area contributed by atoms with Gasteiger partial charge < -0.3 is 20.3 Å². The molecule has 0 radical (unpaired) electrons. The van der Waals surface area contributed by atoms with Gasteiger partial charge in [-0.3, -0.25) is 4.79 Å². The highest BCUT2D eigenvalue weighted by atomic mass is 16.5. The van der Waals surface area contributed by atoms with Crippen LogP contribution in [0, 0.1) is 0 Å². The third-order valence-corrected chi connectivity index (χ3v) is 6.01. The largest absolute Gasteiger partial charge is 0.464 e. The van der Waals surface area contributed by atoms with Crippen molar-refractivity contribution in [2.45, 2.75) is 65.6 Å². The number of benzene rings is 2. The molecule has 0 bridgehead atoms. The quantitative estimate of drug-likeness (QED) is 0.283. The van der Waals surface area contributed by atoms with Crippen LogP contribution in [-0.2, 0) is 20.9 Å². The zero-order valence-electron chi connectivity index (χ0n) is 22.9. The van der Waals surface area contributed by atoms with E-state index in [1.165, 1.54) is 4.90 Å². The van der Waals surface area contributed by atoms with Crippen LogP contribution >= 0.6 is 0 Å². The maximum absolute atomic E-state index is 13.3. The van der Waals surface area contributed by atoms with E-state index in [1.807, 2.05) is 69.3 Å². The van der Waals surface area contributed by atoms with Crippen molar-refractivity contribution in [3.8, 4) is 22.5 Å². The van der Waals surface area contributed by atoms with Crippen LogP contribution in [0.4, 0.5) is 4.79 Å². The fourth-order valence-electron chi connectivity index (χ4n) is 4.10. The number of urea groups is 1. The summed E-state index contributed by atoms with van der Waals surface area (Å²) < 4.78 is 5.29. The molecule has 3 aromatic rings. The number of nitrogens with zero attached hydrogens (tertiary/aromatic N) is 4. The number of amides is 3. The first kappa shape index (κ1) is 29.3. The van der Waals surface area contributed by atoms with E-state index in [-0.39, 0.29) is 31.6 Å². The average molecular weight is 536 g/mol. The molecule has 11 heteroatoms. The molecule has 0 aliphatic rings.